The van der Waals surface area contributed by atoms with E-state index in [0.29, 0.717) is 18.4 Å². The average Bonchev–Trinajstić information content (AvgIpc) is 2.32. The van der Waals surface area contributed by atoms with E-state index in [2.05, 4.69) is 22.2 Å². The molecule has 2 atom stereocenters. The zero-order chi connectivity index (χ0) is 12.3. The van der Waals surface area contributed by atoms with Crippen LogP contribution in [0, 0.1) is 12.8 Å². The number of aryl methyl sites for hydroxylation is 1. The number of anilines is 1. The molecule has 2 rings (SSSR count). The fourth-order valence-corrected chi connectivity index (χ4v) is 2.69. The Labute approximate surface area is 103 Å². The Bertz CT molecular complexity index is 379. The number of aromatic nitrogens is 2. The number of nitrogens with two attached hydrogens (primary N) is 1. The van der Waals surface area contributed by atoms with Crippen molar-refractivity contribution in [3.63, 3.8) is 0 Å². The molecule has 1 aliphatic rings. The summed E-state index contributed by atoms with van der Waals surface area (Å²) in [5, 5.41) is 3.49. The minimum atomic E-state index is -0.0218. The molecule has 0 radical (unpaired) electrons. The molecule has 0 bridgehead atoms. The molecule has 1 fully saturated rings. The van der Waals surface area contributed by atoms with E-state index in [4.69, 9.17) is 5.73 Å². The SMILES string of the molecule is Cc1ccnc(NC2(CN)CCCCC2C)n1. The van der Waals surface area contributed by atoms with Gasteiger partial charge in [-0.3, -0.25) is 0 Å². The van der Waals surface area contributed by atoms with Gasteiger partial charge in [-0.05, 0) is 31.7 Å². The van der Waals surface area contributed by atoms with Crippen molar-refractivity contribution in [2.24, 2.45) is 11.7 Å². The lowest BCUT2D eigenvalue weighted by Gasteiger charge is -2.42. The molecule has 4 heteroatoms. The first kappa shape index (κ1) is 12.3. The Balaban J connectivity index is 2.18. The molecule has 2 unspecified atom stereocenters. The van der Waals surface area contributed by atoms with E-state index in [1.807, 2.05) is 13.0 Å². The molecule has 1 heterocycles. The third-order valence-electron chi connectivity index (χ3n) is 3.97. The average molecular weight is 234 g/mol. The molecule has 0 spiro atoms. The Kier molecular flexibility index (Phi) is 3.62. The lowest BCUT2D eigenvalue weighted by atomic mass is 9.73. The van der Waals surface area contributed by atoms with Crippen LogP contribution in [0.4, 0.5) is 5.95 Å². The van der Waals surface area contributed by atoms with E-state index >= 15 is 0 Å². The first-order valence-corrected chi connectivity index (χ1v) is 6.44. The van der Waals surface area contributed by atoms with Crippen LogP contribution in [-0.4, -0.2) is 22.1 Å². The summed E-state index contributed by atoms with van der Waals surface area (Å²) in [4.78, 5) is 8.70. The predicted molar refractivity (Wildman–Crippen MR) is 69.8 cm³/mol. The van der Waals surface area contributed by atoms with Crippen molar-refractivity contribution in [1.29, 1.82) is 0 Å². The van der Waals surface area contributed by atoms with Crippen LogP contribution in [0.3, 0.4) is 0 Å². The summed E-state index contributed by atoms with van der Waals surface area (Å²) in [7, 11) is 0. The second-order valence-electron chi connectivity index (χ2n) is 5.15. The molecular weight excluding hydrogens is 212 g/mol. The van der Waals surface area contributed by atoms with Crippen molar-refractivity contribution >= 4 is 5.95 Å². The molecule has 4 nitrogen and oxygen atoms in total. The molecule has 0 aromatic carbocycles. The summed E-state index contributed by atoms with van der Waals surface area (Å²) in [5.41, 5.74) is 6.96. The van der Waals surface area contributed by atoms with Gasteiger partial charge >= 0.3 is 0 Å². The van der Waals surface area contributed by atoms with E-state index < -0.39 is 0 Å². The maximum absolute atomic E-state index is 6.00. The number of rotatable bonds is 3. The van der Waals surface area contributed by atoms with Gasteiger partial charge in [0.2, 0.25) is 5.95 Å². The highest BCUT2D eigenvalue weighted by molar-refractivity contribution is 5.31. The lowest BCUT2D eigenvalue weighted by Crippen LogP contribution is -2.52. The van der Waals surface area contributed by atoms with Crippen LogP contribution < -0.4 is 11.1 Å². The summed E-state index contributed by atoms with van der Waals surface area (Å²) in [6.07, 6.45) is 6.68. The Morgan fingerprint density at radius 3 is 3.00 bits per heavy atom. The molecule has 1 aromatic rings. The van der Waals surface area contributed by atoms with Gasteiger partial charge in [0.15, 0.2) is 0 Å². The van der Waals surface area contributed by atoms with Crippen LogP contribution >= 0.6 is 0 Å². The van der Waals surface area contributed by atoms with Crippen LogP contribution in [0.25, 0.3) is 0 Å². The van der Waals surface area contributed by atoms with Crippen LogP contribution in [-0.2, 0) is 0 Å². The molecule has 0 amide bonds. The van der Waals surface area contributed by atoms with Crippen molar-refractivity contribution < 1.29 is 0 Å². The van der Waals surface area contributed by atoms with E-state index in [-0.39, 0.29) is 5.54 Å². The molecule has 3 N–H and O–H groups in total. The number of hydrogen-bond acceptors (Lipinski definition) is 4. The third kappa shape index (κ3) is 2.57. The van der Waals surface area contributed by atoms with Crippen molar-refractivity contribution in [2.75, 3.05) is 11.9 Å². The third-order valence-corrected chi connectivity index (χ3v) is 3.97. The van der Waals surface area contributed by atoms with Gasteiger partial charge in [0, 0.05) is 18.4 Å². The van der Waals surface area contributed by atoms with Gasteiger partial charge in [0.25, 0.3) is 0 Å². The van der Waals surface area contributed by atoms with Gasteiger partial charge in [-0.1, -0.05) is 19.8 Å². The molecule has 1 aliphatic carbocycles. The highest BCUT2D eigenvalue weighted by Gasteiger charge is 2.37. The maximum atomic E-state index is 6.00. The topological polar surface area (TPSA) is 63.8 Å². The summed E-state index contributed by atoms with van der Waals surface area (Å²) in [6.45, 7) is 4.90. The molecule has 17 heavy (non-hydrogen) atoms. The fourth-order valence-electron chi connectivity index (χ4n) is 2.69. The highest BCUT2D eigenvalue weighted by Crippen LogP contribution is 2.35. The number of nitrogens with zero attached hydrogens (tertiary/aromatic N) is 2. The smallest absolute Gasteiger partial charge is 0.223 e. The maximum Gasteiger partial charge on any atom is 0.223 e. The summed E-state index contributed by atoms with van der Waals surface area (Å²) < 4.78 is 0. The standard InChI is InChI=1S/C13H22N4/c1-10-5-3-4-7-13(10,9-14)17-12-15-8-6-11(2)16-12/h6,8,10H,3-5,7,9,14H2,1-2H3,(H,15,16,17). The van der Waals surface area contributed by atoms with Crippen LogP contribution in [0.5, 0.6) is 0 Å². The van der Waals surface area contributed by atoms with E-state index in [1.165, 1.54) is 19.3 Å². The zero-order valence-corrected chi connectivity index (χ0v) is 10.7. The first-order chi connectivity index (χ1) is 8.16. The van der Waals surface area contributed by atoms with Gasteiger partial charge in [-0.2, -0.15) is 0 Å². The van der Waals surface area contributed by atoms with Gasteiger partial charge in [0.1, 0.15) is 0 Å². The van der Waals surface area contributed by atoms with Gasteiger partial charge < -0.3 is 11.1 Å². The largest absolute Gasteiger partial charge is 0.347 e. The van der Waals surface area contributed by atoms with Gasteiger partial charge in [0.05, 0.1) is 5.54 Å². The number of hydrogen-bond donors (Lipinski definition) is 2. The summed E-state index contributed by atoms with van der Waals surface area (Å²) in [5.74, 6) is 1.29. The quantitative estimate of drug-likeness (QED) is 0.840. The molecular formula is C13H22N4. The monoisotopic (exact) mass is 234 g/mol. The Morgan fingerprint density at radius 1 is 1.53 bits per heavy atom. The van der Waals surface area contributed by atoms with E-state index in [9.17, 15) is 0 Å². The predicted octanol–water partition coefficient (Wildman–Crippen LogP) is 2.10. The van der Waals surface area contributed by atoms with Crippen molar-refractivity contribution in [2.45, 2.75) is 45.1 Å². The first-order valence-electron chi connectivity index (χ1n) is 6.44. The van der Waals surface area contributed by atoms with Crippen molar-refractivity contribution in [3.8, 4) is 0 Å². The number of nitrogens with one attached hydrogen (secondary N) is 1. The van der Waals surface area contributed by atoms with E-state index in [1.54, 1.807) is 6.20 Å². The second kappa shape index (κ2) is 5.00. The highest BCUT2D eigenvalue weighted by atomic mass is 15.2. The Hall–Kier alpha value is -1.16. The van der Waals surface area contributed by atoms with Crippen LogP contribution in [0.15, 0.2) is 12.3 Å². The Morgan fingerprint density at radius 2 is 2.35 bits per heavy atom. The summed E-state index contributed by atoms with van der Waals surface area (Å²) >= 11 is 0. The minimum Gasteiger partial charge on any atom is -0.347 e. The van der Waals surface area contributed by atoms with Crippen LogP contribution in [0.1, 0.15) is 38.3 Å². The fraction of sp³-hybridized carbons (Fsp3) is 0.692. The molecule has 0 saturated heterocycles. The van der Waals surface area contributed by atoms with Crippen LogP contribution in [0.2, 0.25) is 0 Å². The van der Waals surface area contributed by atoms with Crippen molar-refractivity contribution in [3.05, 3.63) is 18.0 Å². The molecule has 0 aliphatic heterocycles. The normalized spacial score (nSPS) is 29.0. The zero-order valence-electron chi connectivity index (χ0n) is 10.7. The van der Waals surface area contributed by atoms with Gasteiger partial charge in [-0.15, -0.1) is 0 Å². The molecule has 94 valence electrons. The lowest BCUT2D eigenvalue weighted by molar-refractivity contribution is 0.234. The van der Waals surface area contributed by atoms with Crippen molar-refractivity contribution in [1.82, 2.24) is 9.97 Å². The molecule has 1 aromatic heterocycles. The summed E-state index contributed by atoms with van der Waals surface area (Å²) in [6, 6.07) is 1.91. The second-order valence-corrected chi connectivity index (χ2v) is 5.15. The van der Waals surface area contributed by atoms with Gasteiger partial charge in [-0.25, -0.2) is 9.97 Å². The molecule has 1 saturated carbocycles. The minimum absolute atomic E-state index is 0.0218. The van der Waals surface area contributed by atoms with E-state index in [0.717, 1.165) is 12.1 Å².